The fraction of sp³-hybridized carbons (Fsp3) is 0.538. The second-order valence-electron chi connectivity index (χ2n) is 4.44. The van der Waals surface area contributed by atoms with E-state index in [0.717, 1.165) is 0 Å². The average Bonchev–Trinajstić information content (AvgIpc) is 2.18. The van der Waals surface area contributed by atoms with E-state index in [1.807, 2.05) is 23.9 Å². The van der Waals surface area contributed by atoms with E-state index < -0.39 is 0 Å². The van der Waals surface area contributed by atoms with Crippen LogP contribution in [0.2, 0.25) is 0 Å². The highest BCUT2D eigenvalue weighted by Gasteiger charge is 2.18. The quantitative estimate of drug-likeness (QED) is 0.650. The topological polar surface area (TPSA) is 19.9 Å². The Kier molecular flexibility index (Phi) is 4.52. The van der Waals surface area contributed by atoms with Gasteiger partial charge >= 0.3 is 0 Å². The first-order valence-electron chi connectivity index (χ1n) is 5.49. The zero-order valence-corrected chi connectivity index (χ0v) is 10.6. The molecule has 1 nitrogen and oxygen atoms in total. The zero-order chi connectivity index (χ0) is 11.3. The predicted molar refractivity (Wildman–Crippen MR) is 66.0 cm³/mol. The molecule has 0 saturated carbocycles. The molecule has 0 fully saturated rings. The van der Waals surface area contributed by atoms with E-state index in [2.05, 4.69) is 20.8 Å². The minimum Gasteiger partial charge on any atom is -0.290 e. The molecular weight excluding hydrogens is 204 g/mol. The third-order valence-electron chi connectivity index (χ3n) is 2.35. The van der Waals surface area contributed by atoms with Crippen LogP contribution in [0, 0.1) is 0 Å². The number of hydrogen-bond donors (Lipinski definition) is 0. The summed E-state index contributed by atoms with van der Waals surface area (Å²) < 4.78 is 0.264. The van der Waals surface area contributed by atoms with Crippen molar-refractivity contribution in [2.24, 2.45) is 0 Å². The molecule has 1 rings (SSSR count). The van der Waals surface area contributed by atoms with Gasteiger partial charge in [0.15, 0.2) is 5.75 Å². The maximum Gasteiger partial charge on any atom is 0.178 e. The second-order valence-corrected chi connectivity index (χ2v) is 6.22. The molecule has 0 atom stereocenters. The Balaban J connectivity index is 2.56. The van der Waals surface area contributed by atoms with Gasteiger partial charge in [0.05, 0.1) is 0 Å². The van der Waals surface area contributed by atoms with Crippen LogP contribution >= 0.6 is 11.8 Å². The van der Waals surface area contributed by atoms with E-state index in [1.165, 1.54) is 24.2 Å². The molecule has 0 aliphatic heterocycles. The SMILES string of the molecule is CCCCC(C)(C)Sc1ccc([O])cc1. The van der Waals surface area contributed by atoms with Gasteiger partial charge in [-0.2, -0.15) is 0 Å². The lowest BCUT2D eigenvalue weighted by Gasteiger charge is -2.23. The highest BCUT2D eigenvalue weighted by Crippen LogP contribution is 2.36. The van der Waals surface area contributed by atoms with Crippen molar-refractivity contribution >= 4 is 11.8 Å². The molecule has 1 aromatic rings. The van der Waals surface area contributed by atoms with E-state index >= 15 is 0 Å². The number of benzene rings is 1. The van der Waals surface area contributed by atoms with Crippen LogP contribution in [-0.2, 0) is 5.11 Å². The molecule has 2 heteroatoms. The van der Waals surface area contributed by atoms with Crippen LogP contribution in [-0.4, -0.2) is 4.75 Å². The van der Waals surface area contributed by atoms with Gasteiger partial charge in [-0.15, -0.1) is 11.8 Å². The molecular formula is C13H19OS. The first kappa shape index (κ1) is 12.4. The Morgan fingerprint density at radius 3 is 2.33 bits per heavy atom. The lowest BCUT2D eigenvalue weighted by Crippen LogP contribution is -2.13. The van der Waals surface area contributed by atoms with Crippen molar-refractivity contribution in [2.45, 2.75) is 49.7 Å². The minimum atomic E-state index is 0.0886. The van der Waals surface area contributed by atoms with Gasteiger partial charge in [0.25, 0.3) is 0 Å². The average molecular weight is 223 g/mol. The van der Waals surface area contributed by atoms with Crippen molar-refractivity contribution in [3.63, 3.8) is 0 Å². The normalized spacial score (nSPS) is 11.7. The first-order valence-corrected chi connectivity index (χ1v) is 6.31. The van der Waals surface area contributed by atoms with Gasteiger partial charge in [-0.05, 0) is 30.7 Å². The standard InChI is InChI=1S/C13H19OS/c1-4-5-10-13(2,3)15-12-8-6-11(14)7-9-12/h6-9H,4-5,10H2,1-3H3. The van der Waals surface area contributed by atoms with Gasteiger partial charge in [-0.25, -0.2) is 0 Å². The monoisotopic (exact) mass is 223 g/mol. The van der Waals surface area contributed by atoms with Crippen molar-refractivity contribution in [1.29, 1.82) is 0 Å². The molecule has 0 N–H and O–H groups in total. The molecule has 0 aliphatic carbocycles. The van der Waals surface area contributed by atoms with Crippen molar-refractivity contribution in [2.75, 3.05) is 0 Å². The Labute approximate surface area is 96.9 Å². The van der Waals surface area contributed by atoms with Crippen molar-refractivity contribution in [3.05, 3.63) is 24.3 Å². The molecule has 0 aliphatic rings. The molecule has 0 spiro atoms. The van der Waals surface area contributed by atoms with Gasteiger partial charge < -0.3 is 0 Å². The van der Waals surface area contributed by atoms with E-state index in [9.17, 15) is 5.11 Å². The van der Waals surface area contributed by atoms with Crippen LogP contribution in [0.3, 0.4) is 0 Å². The smallest absolute Gasteiger partial charge is 0.178 e. The lowest BCUT2D eigenvalue weighted by atomic mass is 10.1. The third-order valence-corrected chi connectivity index (χ3v) is 3.61. The van der Waals surface area contributed by atoms with Gasteiger partial charge in [0.1, 0.15) is 0 Å². The Hall–Kier alpha value is -0.630. The van der Waals surface area contributed by atoms with Crippen molar-refractivity contribution in [3.8, 4) is 5.75 Å². The summed E-state index contributed by atoms with van der Waals surface area (Å²) in [5, 5.41) is 11.0. The molecule has 0 amide bonds. The Morgan fingerprint density at radius 1 is 1.20 bits per heavy atom. The second kappa shape index (κ2) is 5.45. The zero-order valence-electron chi connectivity index (χ0n) is 9.75. The van der Waals surface area contributed by atoms with Crippen LogP contribution in [0.1, 0.15) is 40.0 Å². The largest absolute Gasteiger partial charge is 0.290 e. The van der Waals surface area contributed by atoms with Crippen LogP contribution in [0.15, 0.2) is 29.2 Å². The summed E-state index contributed by atoms with van der Waals surface area (Å²) in [6.07, 6.45) is 3.72. The summed E-state index contributed by atoms with van der Waals surface area (Å²) >= 11 is 1.86. The van der Waals surface area contributed by atoms with Crippen molar-refractivity contribution in [1.82, 2.24) is 0 Å². The fourth-order valence-electron chi connectivity index (χ4n) is 1.48. The molecule has 1 aromatic carbocycles. The number of rotatable bonds is 5. The lowest BCUT2D eigenvalue weighted by molar-refractivity contribution is 0.354. The molecule has 1 radical (unpaired) electrons. The maximum atomic E-state index is 11.0. The maximum absolute atomic E-state index is 11.0. The van der Waals surface area contributed by atoms with Gasteiger partial charge in [-0.3, -0.25) is 5.11 Å². The first-order chi connectivity index (χ1) is 7.03. The van der Waals surface area contributed by atoms with E-state index in [4.69, 9.17) is 0 Å². The Bertz CT molecular complexity index is 290. The summed E-state index contributed by atoms with van der Waals surface area (Å²) in [5.74, 6) is 0.0886. The summed E-state index contributed by atoms with van der Waals surface area (Å²) in [5.41, 5.74) is 0. The van der Waals surface area contributed by atoms with Gasteiger partial charge in [-0.1, -0.05) is 33.6 Å². The summed E-state index contributed by atoms with van der Waals surface area (Å²) in [4.78, 5) is 1.19. The van der Waals surface area contributed by atoms with E-state index in [0.29, 0.717) is 0 Å². The molecule has 0 aromatic heterocycles. The third kappa shape index (κ3) is 4.61. The minimum absolute atomic E-state index is 0.0886. The van der Waals surface area contributed by atoms with Gasteiger partial charge in [0, 0.05) is 9.64 Å². The highest BCUT2D eigenvalue weighted by atomic mass is 32.2. The van der Waals surface area contributed by atoms with E-state index in [1.54, 1.807) is 12.1 Å². The number of thioether (sulfide) groups is 1. The van der Waals surface area contributed by atoms with Crippen LogP contribution in [0.25, 0.3) is 0 Å². The highest BCUT2D eigenvalue weighted by molar-refractivity contribution is 8.00. The van der Waals surface area contributed by atoms with Crippen LogP contribution < -0.4 is 0 Å². The molecule has 0 bridgehead atoms. The Morgan fingerprint density at radius 2 is 1.80 bits per heavy atom. The molecule has 83 valence electrons. The molecule has 0 heterocycles. The summed E-state index contributed by atoms with van der Waals surface area (Å²) in [6.45, 7) is 6.74. The van der Waals surface area contributed by atoms with Gasteiger partial charge in [0.2, 0.25) is 0 Å². The molecule has 0 unspecified atom stereocenters. The van der Waals surface area contributed by atoms with Crippen LogP contribution in [0.5, 0.6) is 5.75 Å². The molecule has 15 heavy (non-hydrogen) atoms. The number of hydrogen-bond acceptors (Lipinski definition) is 1. The summed E-state index contributed by atoms with van der Waals surface area (Å²) in [7, 11) is 0. The number of unbranched alkanes of at least 4 members (excludes halogenated alkanes) is 1. The van der Waals surface area contributed by atoms with E-state index in [-0.39, 0.29) is 10.5 Å². The molecule has 0 saturated heterocycles. The fourth-order valence-corrected chi connectivity index (χ4v) is 2.64. The predicted octanol–water partition coefficient (Wildman–Crippen LogP) is 4.89. The van der Waals surface area contributed by atoms with Crippen LogP contribution in [0.4, 0.5) is 0 Å². The summed E-state index contributed by atoms with van der Waals surface area (Å²) in [6, 6.07) is 7.11. The van der Waals surface area contributed by atoms with Crippen molar-refractivity contribution < 1.29 is 5.11 Å².